The van der Waals surface area contributed by atoms with E-state index in [1.54, 1.807) is 36.4 Å². The zero-order chi connectivity index (χ0) is 23.7. The first kappa shape index (κ1) is 21.5. The third-order valence-corrected chi connectivity index (χ3v) is 5.72. The van der Waals surface area contributed by atoms with Crippen molar-refractivity contribution in [3.05, 3.63) is 69.8 Å². The maximum atomic E-state index is 13.2. The van der Waals surface area contributed by atoms with Gasteiger partial charge in [-0.25, -0.2) is 4.98 Å². The number of nitrogens with zero attached hydrogens (tertiary/aromatic N) is 3. The van der Waals surface area contributed by atoms with Crippen molar-refractivity contribution in [2.45, 2.75) is 25.7 Å². The summed E-state index contributed by atoms with van der Waals surface area (Å²) in [5.41, 5.74) is 2.08. The monoisotopic (exact) mass is 461 g/mol. The standard InChI is InChI=1S/C24H23N5O5/c1-32-15-10-14(11-16(12-15)33-2)22(30)26-21-13-19(20-8-5-9-34-20)28-29(21)24-25-18-7-4-3-6-17(18)23(31)27-24/h5,8-13H,3-4,6-7H2,1-2H3,(H,26,30)(H,25,27,31). The van der Waals surface area contributed by atoms with E-state index in [0.717, 1.165) is 25.0 Å². The average Bonchev–Trinajstić information content (AvgIpc) is 3.54. The van der Waals surface area contributed by atoms with Crippen LogP contribution in [-0.2, 0) is 12.8 Å². The van der Waals surface area contributed by atoms with Crippen molar-refractivity contribution in [3.63, 3.8) is 0 Å². The molecule has 0 radical (unpaired) electrons. The molecule has 0 saturated heterocycles. The number of rotatable bonds is 6. The first-order chi connectivity index (χ1) is 16.6. The van der Waals surface area contributed by atoms with Crippen molar-refractivity contribution in [2.24, 2.45) is 0 Å². The molecule has 1 amide bonds. The Labute approximate surface area is 194 Å². The molecule has 0 aliphatic heterocycles. The Morgan fingerprint density at radius 1 is 1.12 bits per heavy atom. The molecule has 0 unspecified atom stereocenters. The second-order valence-electron chi connectivity index (χ2n) is 7.88. The van der Waals surface area contributed by atoms with Crippen molar-refractivity contribution in [1.82, 2.24) is 19.7 Å². The second-order valence-corrected chi connectivity index (χ2v) is 7.88. The van der Waals surface area contributed by atoms with Crippen LogP contribution < -0.4 is 20.3 Å². The fourth-order valence-electron chi connectivity index (χ4n) is 3.99. The van der Waals surface area contributed by atoms with E-state index in [0.29, 0.717) is 46.3 Å². The highest BCUT2D eigenvalue weighted by atomic mass is 16.5. The summed E-state index contributed by atoms with van der Waals surface area (Å²) in [6.45, 7) is 0. The topological polar surface area (TPSA) is 124 Å². The van der Waals surface area contributed by atoms with Crippen LogP contribution in [0.15, 0.2) is 51.9 Å². The Morgan fingerprint density at radius 3 is 2.59 bits per heavy atom. The minimum Gasteiger partial charge on any atom is -0.497 e. The van der Waals surface area contributed by atoms with Crippen LogP contribution in [0, 0.1) is 0 Å². The number of hydrogen-bond donors (Lipinski definition) is 2. The van der Waals surface area contributed by atoms with Crippen LogP contribution in [0.25, 0.3) is 17.4 Å². The number of carbonyl (C=O) groups excluding carboxylic acids is 1. The molecule has 3 heterocycles. The van der Waals surface area contributed by atoms with E-state index >= 15 is 0 Å². The number of ether oxygens (including phenoxy) is 2. The molecule has 1 aliphatic rings. The van der Waals surface area contributed by atoms with Gasteiger partial charge in [-0.15, -0.1) is 0 Å². The van der Waals surface area contributed by atoms with Crippen LogP contribution in [0.2, 0.25) is 0 Å². The SMILES string of the molecule is COc1cc(OC)cc(C(=O)Nc2cc(-c3ccco3)nn2-c2nc3c(c(=O)[nH]2)CCCC3)c1. The minimum atomic E-state index is -0.412. The zero-order valence-corrected chi connectivity index (χ0v) is 18.8. The summed E-state index contributed by atoms with van der Waals surface area (Å²) in [6.07, 6.45) is 4.90. The van der Waals surface area contributed by atoms with E-state index in [1.807, 2.05) is 0 Å². The van der Waals surface area contributed by atoms with Gasteiger partial charge in [-0.1, -0.05) is 0 Å². The number of carbonyl (C=O) groups is 1. The highest BCUT2D eigenvalue weighted by molar-refractivity contribution is 6.04. The maximum Gasteiger partial charge on any atom is 0.257 e. The highest BCUT2D eigenvalue weighted by Gasteiger charge is 2.21. The molecule has 0 atom stereocenters. The molecule has 3 aromatic heterocycles. The molecule has 5 rings (SSSR count). The number of aromatic amines is 1. The lowest BCUT2D eigenvalue weighted by atomic mass is 9.97. The Bertz CT molecular complexity index is 1380. The third-order valence-electron chi connectivity index (χ3n) is 5.72. The molecule has 0 fully saturated rings. The minimum absolute atomic E-state index is 0.190. The van der Waals surface area contributed by atoms with Gasteiger partial charge in [0, 0.05) is 23.3 Å². The van der Waals surface area contributed by atoms with Gasteiger partial charge in [0.1, 0.15) is 23.0 Å². The molecule has 0 saturated carbocycles. The Kier molecular flexibility index (Phi) is 5.62. The van der Waals surface area contributed by atoms with Crippen LogP contribution in [0.4, 0.5) is 5.82 Å². The number of benzene rings is 1. The number of nitrogens with one attached hydrogen (secondary N) is 2. The Hall–Kier alpha value is -4.34. The van der Waals surface area contributed by atoms with Gasteiger partial charge < -0.3 is 19.2 Å². The zero-order valence-electron chi connectivity index (χ0n) is 18.8. The lowest BCUT2D eigenvalue weighted by molar-refractivity contribution is 0.102. The predicted octanol–water partition coefficient (Wildman–Crippen LogP) is 3.36. The molecule has 10 heteroatoms. The van der Waals surface area contributed by atoms with Crippen molar-refractivity contribution in [1.29, 1.82) is 0 Å². The maximum absolute atomic E-state index is 13.2. The summed E-state index contributed by atoms with van der Waals surface area (Å²) in [6, 6.07) is 10.0. The van der Waals surface area contributed by atoms with Crippen LogP contribution >= 0.6 is 0 Å². The number of aryl methyl sites for hydroxylation is 1. The highest BCUT2D eigenvalue weighted by Crippen LogP contribution is 2.27. The van der Waals surface area contributed by atoms with E-state index in [2.05, 4.69) is 20.4 Å². The molecular formula is C24H23N5O5. The van der Waals surface area contributed by atoms with E-state index in [1.165, 1.54) is 25.2 Å². The average molecular weight is 461 g/mol. The van der Waals surface area contributed by atoms with Gasteiger partial charge in [0.25, 0.3) is 11.5 Å². The summed E-state index contributed by atoms with van der Waals surface area (Å²) in [4.78, 5) is 33.3. The van der Waals surface area contributed by atoms with Gasteiger partial charge in [0.05, 0.1) is 26.2 Å². The molecule has 0 spiro atoms. The summed E-state index contributed by atoms with van der Waals surface area (Å²) < 4.78 is 17.4. The molecular weight excluding hydrogens is 438 g/mol. The number of fused-ring (bicyclic) bond motifs is 1. The quantitative estimate of drug-likeness (QED) is 0.451. The lowest BCUT2D eigenvalue weighted by Gasteiger charge is -2.15. The predicted molar refractivity (Wildman–Crippen MR) is 124 cm³/mol. The fourth-order valence-corrected chi connectivity index (χ4v) is 3.99. The van der Waals surface area contributed by atoms with Crippen molar-refractivity contribution in [2.75, 3.05) is 19.5 Å². The molecule has 0 bridgehead atoms. The van der Waals surface area contributed by atoms with E-state index in [-0.39, 0.29) is 11.5 Å². The van der Waals surface area contributed by atoms with Crippen LogP contribution in [0.1, 0.15) is 34.5 Å². The van der Waals surface area contributed by atoms with Gasteiger partial charge >= 0.3 is 0 Å². The molecule has 1 aromatic carbocycles. The largest absolute Gasteiger partial charge is 0.497 e. The summed E-state index contributed by atoms with van der Waals surface area (Å²) in [7, 11) is 3.03. The van der Waals surface area contributed by atoms with Crippen LogP contribution in [0.3, 0.4) is 0 Å². The van der Waals surface area contributed by atoms with E-state index in [4.69, 9.17) is 13.9 Å². The number of anilines is 1. The van der Waals surface area contributed by atoms with Gasteiger partial charge in [0.2, 0.25) is 5.95 Å². The van der Waals surface area contributed by atoms with Gasteiger partial charge in [-0.05, 0) is 49.9 Å². The lowest BCUT2D eigenvalue weighted by Crippen LogP contribution is -2.24. The summed E-state index contributed by atoms with van der Waals surface area (Å²) in [5, 5.41) is 7.41. The summed E-state index contributed by atoms with van der Waals surface area (Å²) >= 11 is 0. The number of methoxy groups -OCH3 is 2. The Balaban J connectivity index is 1.57. The number of furan rings is 1. The van der Waals surface area contributed by atoms with Crippen molar-refractivity contribution >= 4 is 11.7 Å². The molecule has 174 valence electrons. The van der Waals surface area contributed by atoms with E-state index < -0.39 is 5.91 Å². The van der Waals surface area contributed by atoms with Gasteiger partial charge in [-0.3, -0.25) is 14.6 Å². The van der Waals surface area contributed by atoms with Gasteiger partial charge in [0.15, 0.2) is 5.76 Å². The first-order valence-electron chi connectivity index (χ1n) is 10.9. The van der Waals surface area contributed by atoms with E-state index in [9.17, 15) is 9.59 Å². The van der Waals surface area contributed by atoms with Gasteiger partial charge in [-0.2, -0.15) is 9.78 Å². The first-order valence-corrected chi connectivity index (χ1v) is 10.9. The molecule has 34 heavy (non-hydrogen) atoms. The normalized spacial score (nSPS) is 12.8. The third kappa shape index (κ3) is 4.05. The smallest absolute Gasteiger partial charge is 0.257 e. The molecule has 1 aliphatic carbocycles. The summed E-state index contributed by atoms with van der Waals surface area (Å²) in [5.74, 6) is 1.60. The molecule has 4 aromatic rings. The number of H-pyrrole nitrogens is 1. The van der Waals surface area contributed by atoms with Crippen molar-refractivity contribution < 1.29 is 18.7 Å². The molecule has 2 N–H and O–H groups in total. The van der Waals surface area contributed by atoms with Crippen LogP contribution in [0.5, 0.6) is 11.5 Å². The second kappa shape index (κ2) is 8.89. The number of amides is 1. The number of aromatic nitrogens is 4. The van der Waals surface area contributed by atoms with Crippen LogP contribution in [-0.4, -0.2) is 39.9 Å². The molecule has 10 nitrogen and oxygen atoms in total. The Morgan fingerprint density at radius 2 is 1.88 bits per heavy atom. The van der Waals surface area contributed by atoms with Crippen molar-refractivity contribution in [3.8, 4) is 28.9 Å². The number of hydrogen-bond acceptors (Lipinski definition) is 7. The fraction of sp³-hybridized carbons (Fsp3) is 0.250.